The summed E-state index contributed by atoms with van der Waals surface area (Å²) in [6, 6.07) is 10.5. The SMILES string of the molecule is C[C@@H]1CCCN1[C@@H](Cc1ccccc1)C(=O)OC(C)(C)C. The summed E-state index contributed by atoms with van der Waals surface area (Å²) in [5.74, 6) is -0.0971. The van der Waals surface area contributed by atoms with Gasteiger partial charge in [0.25, 0.3) is 0 Å². The Hall–Kier alpha value is -1.35. The van der Waals surface area contributed by atoms with Gasteiger partial charge in [-0.2, -0.15) is 0 Å². The van der Waals surface area contributed by atoms with Crippen LogP contribution in [-0.2, 0) is 16.0 Å². The molecule has 21 heavy (non-hydrogen) atoms. The Morgan fingerprint density at radius 2 is 2.00 bits per heavy atom. The second-order valence-electron chi connectivity index (χ2n) is 6.97. The molecule has 1 aliphatic heterocycles. The molecule has 0 unspecified atom stereocenters. The van der Waals surface area contributed by atoms with Gasteiger partial charge in [-0.3, -0.25) is 9.69 Å². The van der Waals surface area contributed by atoms with Gasteiger partial charge in [0.15, 0.2) is 0 Å². The molecule has 0 amide bonds. The molecule has 2 rings (SSSR count). The first-order chi connectivity index (χ1) is 9.87. The summed E-state index contributed by atoms with van der Waals surface area (Å²) in [4.78, 5) is 14.9. The van der Waals surface area contributed by atoms with Crippen LogP contribution in [0.15, 0.2) is 30.3 Å². The Morgan fingerprint density at radius 3 is 2.52 bits per heavy atom. The predicted octanol–water partition coefficient (Wildman–Crippen LogP) is 3.42. The number of carbonyl (C=O) groups is 1. The fourth-order valence-electron chi connectivity index (χ4n) is 2.96. The Kier molecular flexibility index (Phi) is 5.04. The van der Waals surface area contributed by atoms with Gasteiger partial charge in [-0.1, -0.05) is 30.3 Å². The first-order valence-corrected chi connectivity index (χ1v) is 7.89. The standard InChI is InChI=1S/C18H27NO2/c1-14-9-8-12-19(14)16(17(20)21-18(2,3)4)13-15-10-6-5-7-11-15/h5-7,10-11,14,16H,8-9,12-13H2,1-4H3/t14-,16+/m1/s1. The fourth-order valence-corrected chi connectivity index (χ4v) is 2.96. The summed E-state index contributed by atoms with van der Waals surface area (Å²) in [5.41, 5.74) is 0.752. The number of nitrogens with zero attached hydrogens (tertiary/aromatic N) is 1. The molecule has 0 radical (unpaired) electrons. The molecule has 3 nitrogen and oxygen atoms in total. The molecule has 0 bridgehead atoms. The zero-order valence-electron chi connectivity index (χ0n) is 13.6. The molecule has 0 aromatic heterocycles. The molecular formula is C18H27NO2. The van der Waals surface area contributed by atoms with Gasteiger partial charge in [0.1, 0.15) is 11.6 Å². The summed E-state index contributed by atoms with van der Waals surface area (Å²) in [5, 5.41) is 0. The lowest BCUT2D eigenvalue weighted by atomic mass is 10.0. The average molecular weight is 289 g/mol. The number of hydrogen-bond acceptors (Lipinski definition) is 3. The van der Waals surface area contributed by atoms with E-state index in [4.69, 9.17) is 4.74 Å². The van der Waals surface area contributed by atoms with Crippen molar-refractivity contribution in [2.24, 2.45) is 0 Å². The largest absolute Gasteiger partial charge is 0.459 e. The van der Waals surface area contributed by atoms with Crippen molar-refractivity contribution in [1.82, 2.24) is 4.90 Å². The maximum Gasteiger partial charge on any atom is 0.324 e. The van der Waals surface area contributed by atoms with Gasteiger partial charge < -0.3 is 4.74 Å². The lowest BCUT2D eigenvalue weighted by molar-refractivity contribution is -0.161. The highest BCUT2D eigenvalue weighted by Gasteiger charge is 2.35. The van der Waals surface area contributed by atoms with Crippen molar-refractivity contribution in [1.29, 1.82) is 0 Å². The van der Waals surface area contributed by atoms with Crippen molar-refractivity contribution in [2.45, 2.75) is 64.6 Å². The number of rotatable bonds is 4. The zero-order valence-corrected chi connectivity index (χ0v) is 13.6. The van der Waals surface area contributed by atoms with Crippen molar-refractivity contribution in [2.75, 3.05) is 6.54 Å². The highest BCUT2D eigenvalue weighted by atomic mass is 16.6. The lowest BCUT2D eigenvalue weighted by Crippen LogP contribution is -2.47. The van der Waals surface area contributed by atoms with Crippen molar-refractivity contribution >= 4 is 5.97 Å². The van der Waals surface area contributed by atoms with Crippen LogP contribution in [0.3, 0.4) is 0 Å². The Balaban J connectivity index is 2.16. The molecule has 1 heterocycles. The second-order valence-corrected chi connectivity index (χ2v) is 6.97. The van der Waals surface area contributed by atoms with E-state index >= 15 is 0 Å². The highest BCUT2D eigenvalue weighted by Crippen LogP contribution is 2.24. The van der Waals surface area contributed by atoms with Gasteiger partial charge in [-0.05, 0) is 59.1 Å². The highest BCUT2D eigenvalue weighted by molar-refractivity contribution is 5.76. The molecule has 1 aromatic rings. The van der Waals surface area contributed by atoms with Crippen molar-refractivity contribution in [3.63, 3.8) is 0 Å². The number of ether oxygens (including phenoxy) is 1. The first-order valence-electron chi connectivity index (χ1n) is 7.89. The molecule has 1 aliphatic rings. The molecule has 0 aliphatic carbocycles. The van der Waals surface area contributed by atoms with Crippen LogP contribution in [0.2, 0.25) is 0 Å². The van der Waals surface area contributed by atoms with E-state index in [1.807, 2.05) is 39.0 Å². The van der Waals surface area contributed by atoms with Crippen LogP contribution >= 0.6 is 0 Å². The minimum Gasteiger partial charge on any atom is -0.459 e. The van der Waals surface area contributed by atoms with Gasteiger partial charge in [-0.15, -0.1) is 0 Å². The minimum atomic E-state index is -0.436. The number of benzene rings is 1. The van der Waals surface area contributed by atoms with E-state index in [0.717, 1.165) is 25.8 Å². The Morgan fingerprint density at radius 1 is 1.33 bits per heavy atom. The van der Waals surface area contributed by atoms with E-state index in [-0.39, 0.29) is 12.0 Å². The van der Waals surface area contributed by atoms with Crippen LogP contribution < -0.4 is 0 Å². The smallest absolute Gasteiger partial charge is 0.324 e. The second kappa shape index (κ2) is 6.61. The van der Waals surface area contributed by atoms with E-state index in [1.165, 1.54) is 5.56 Å². The number of hydrogen-bond donors (Lipinski definition) is 0. The molecule has 1 aromatic carbocycles. The van der Waals surface area contributed by atoms with Crippen molar-refractivity contribution in [3.05, 3.63) is 35.9 Å². The predicted molar refractivity (Wildman–Crippen MR) is 85.2 cm³/mol. The number of carbonyl (C=O) groups excluding carboxylic acids is 1. The average Bonchev–Trinajstić information content (AvgIpc) is 2.81. The fraction of sp³-hybridized carbons (Fsp3) is 0.611. The third kappa shape index (κ3) is 4.57. The minimum absolute atomic E-state index is 0.0971. The molecule has 0 N–H and O–H groups in total. The van der Waals surface area contributed by atoms with Crippen LogP contribution in [0.4, 0.5) is 0 Å². The quantitative estimate of drug-likeness (QED) is 0.795. The Labute approximate surface area is 128 Å². The summed E-state index contributed by atoms with van der Waals surface area (Å²) in [6.45, 7) is 8.97. The van der Waals surface area contributed by atoms with Gasteiger partial charge >= 0.3 is 5.97 Å². The summed E-state index contributed by atoms with van der Waals surface area (Å²) < 4.78 is 5.65. The van der Waals surface area contributed by atoms with E-state index < -0.39 is 5.60 Å². The monoisotopic (exact) mass is 289 g/mol. The summed E-state index contributed by atoms with van der Waals surface area (Å²) in [7, 11) is 0. The maximum atomic E-state index is 12.6. The van der Waals surface area contributed by atoms with E-state index in [2.05, 4.69) is 24.0 Å². The molecule has 0 spiro atoms. The third-order valence-electron chi connectivity index (χ3n) is 3.96. The van der Waals surface area contributed by atoms with E-state index in [0.29, 0.717) is 6.04 Å². The summed E-state index contributed by atoms with van der Waals surface area (Å²) in [6.07, 6.45) is 3.05. The molecule has 1 fully saturated rings. The summed E-state index contributed by atoms with van der Waals surface area (Å²) >= 11 is 0. The van der Waals surface area contributed by atoms with E-state index in [1.54, 1.807) is 0 Å². The van der Waals surface area contributed by atoms with Crippen LogP contribution in [0.5, 0.6) is 0 Å². The molecular weight excluding hydrogens is 262 g/mol. The van der Waals surface area contributed by atoms with Gasteiger partial charge in [-0.25, -0.2) is 0 Å². The molecule has 0 saturated carbocycles. The topological polar surface area (TPSA) is 29.5 Å². The van der Waals surface area contributed by atoms with Gasteiger partial charge in [0, 0.05) is 6.04 Å². The molecule has 2 atom stereocenters. The molecule has 116 valence electrons. The molecule has 3 heteroatoms. The van der Waals surface area contributed by atoms with Gasteiger partial charge in [0.2, 0.25) is 0 Å². The number of likely N-dealkylation sites (tertiary alicyclic amines) is 1. The van der Waals surface area contributed by atoms with Crippen LogP contribution in [0, 0.1) is 0 Å². The Bertz CT molecular complexity index is 464. The zero-order chi connectivity index (χ0) is 15.5. The molecule has 1 saturated heterocycles. The maximum absolute atomic E-state index is 12.6. The van der Waals surface area contributed by atoms with Crippen LogP contribution in [0.25, 0.3) is 0 Å². The van der Waals surface area contributed by atoms with Crippen molar-refractivity contribution in [3.8, 4) is 0 Å². The number of esters is 1. The van der Waals surface area contributed by atoms with Crippen LogP contribution in [-0.4, -0.2) is 35.1 Å². The normalized spacial score (nSPS) is 21.2. The van der Waals surface area contributed by atoms with Crippen molar-refractivity contribution < 1.29 is 9.53 Å². The lowest BCUT2D eigenvalue weighted by Gasteiger charge is -2.32. The van der Waals surface area contributed by atoms with Crippen LogP contribution in [0.1, 0.15) is 46.1 Å². The van der Waals surface area contributed by atoms with E-state index in [9.17, 15) is 4.79 Å². The first kappa shape index (κ1) is 16.0. The van der Waals surface area contributed by atoms with Gasteiger partial charge in [0.05, 0.1) is 0 Å². The third-order valence-corrected chi connectivity index (χ3v) is 3.96.